The molecule has 10 heteroatoms. The molecule has 1 aromatic heterocycles. The molecule has 1 aliphatic heterocycles. The van der Waals surface area contributed by atoms with Gasteiger partial charge in [0.05, 0.1) is 12.1 Å². The van der Waals surface area contributed by atoms with Gasteiger partial charge >= 0.3 is 0 Å². The highest BCUT2D eigenvalue weighted by Gasteiger charge is 2.24. The maximum absolute atomic E-state index is 13.4. The van der Waals surface area contributed by atoms with Crippen molar-refractivity contribution in [2.75, 3.05) is 33.4 Å². The molecule has 8 nitrogen and oxygen atoms in total. The minimum Gasteiger partial charge on any atom is -0.457 e. The Kier molecular flexibility index (Phi) is 8.58. The van der Waals surface area contributed by atoms with Crippen LogP contribution in [0.1, 0.15) is 39.1 Å². The highest BCUT2D eigenvalue weighted by molar-refractivity contribution is 6.00. The standard InChI is InChI=1S/C31H32F2N4O4/c1-20-25(30(38)34-13-16-40-2)8-10-29-26(20)19-37(35-29)18-21-11-14-36(15-12-21)31(39)22-3-5-23(6-4-22)41-24-7-9-27(32)28(33)17-24/h3-10,17,19,21H,11-16,18H2,1-2H3,(H,34,38). The molecule has 2 heterocycles. The number of methoxy groups -OCH3 is 1. The Balaban J connectivity index is 1.15. The number of ether oxygens (including phenoxy) is 2. The molecule has 4 aromatic rings. The third kappa shape index (κ3) is 6.54. The molecule has 0 spiro atoms. The van der Waals surface area contributed by atoms with Crippen molar-refractivity contribution < 1.29 is 27.8 Å². The first-order valence-corrected chi connectivity index (χ1v) is 13.6. The molecule has 0 atom stereocenters. The average Bonchev–Trinajstić information content (AvgIpc) is 3.39. The summed E-state index contributed by atoms with van der Waals surface area (Å²) in [6, 6.07) is 13.6. The lowest BCUT2D eigenvalue weighted by Crippen LogP contribution is -2.39. The van der Waals surface area contributed by atoms with Gasteiger partial charge < -0.3 is 19.7 Å². The van der Waals surface area contributed by atoms with Crippen molar-refractivity contribution in [1.82, 2.24) is 20.0 Å². The molecule has 0 radical (unpaired) electrons. The van der Waals surface area contributed by atoms with Crippen LogP contribution >= 0.6 is 0 Å². The number of likely N-dealkylation sites (tertiary alicyclic amines) is 1. The first-order chi connectivity index (χ1) is 19.8. The quantitative estimate of drug-likeness (QED) is 0.278. The summed E-state index contributed by atoms with van der Waals surface area (Å²) in [7, 11) is 1.60. The fourth-order valence-electron chi connectivity index (χ4n) is 5.09. The third-order valence-corrected chi connectivity index (χ3v) is 7.42. The van der Waals surface area contributed by atoms with E-state index in [0.29, 0.717) is 49.0 Å². The SMILES string of the molecule is COCCNC(=O)c1ccc2nn(CC3CCN(C(=O)c4ccc(Oc5ccc(F)c(F)c5)cc4)CC3)cc2c1C. The predicted octanol–water partition coefficient (Wildman–Crippen LogP) is 5.34. The highest BCUT2D eigenvalue weighted by Crippen LogP contribution is 2.26. The number of rotatable bonds is 9. The zero-order valence-electron chi connectivity index (χ0n) is 23.0. The zero-order valence-corrected chi connectivity index (χ0v) is 23.0. The Morgan fingerprint density at radius 2 is 1.73 bits per heavy atom. The van der Waals surface area contributed by atoms with E-state index in [1.807, 2.05) is 34.8 Å². The molecule has 1 saturated heterocycles. The number of halogens is 2. The van der Waals surface area contributed by atoms with E-state index >= 15 is 0 Å². The molecular weight excluding hydrogens is 530 g/mol. The van der Waals surface area contributed by atoms with Crippen LogP contribution in [-0.4, -0.2) is 59.8 Å². The number of hydrogen-bond donors (Lipinski definition) is 1. The molecule has 214 valence electrons. The van der Waals surface area contributed by atoms with Crippen LogP contribution in [0.4, 0.5) is 8.78 Å². The minimum atomic E-state index is -0.985. The number of carbonyl (C=O) groups is 2. The molecule has 0 unspecified atom stereocenters. The summed E-state index contributed by atoms with van der Waals surface area (Å²) in [5.74, 6) is -1.14. The van der Waals surface area contributed by atoms with Gasteiger partial charge in [-0.05, 0) is 79.8 Å². The summed E-state index contributed by atoms with van der Waals surface area (Å²) in [6.07, 6.45) is 3.70. The van der Waals surface area contributed by atoms with Crippen LogP contribution in [-0.2, 0) is 11.3 Å². The van der Waals surface area contributed by atoms with Crippen molar-refractivity contribution >= 4 is 22.7 Å². The van der Waals surface area contributed by atoms with Gasteiger partial charge in [0.2, 0.25) is 0 Å². The van der Waals surface area contributed by atoms with E-state index in [1.54, 1.807) is 31.4 Å². The topological polar surface area (TPSA) is 85.7 Å². The normalized spacial score (nSPS) is 13.9. The molecule has 0 bridgehead atoms. The Labute approximate surface area is 236 Å². The van der Waals surface area contributed by atoms with Gasteiger partial charge in [-0.1, -0.05) is 0 Å². The van der Waals surface area contributed by atoms with Gasteiger partial charge in [-0.3, -0.25) is 14.3 Å². The Morgan fingerprint density at radius 1 is 1.00 bits per heavy atom. The number of nitrogens with one attached hydrogen (secondary N) is 1. The Morgan fingerprint density at radius 3 is 2.44 bits per heavy atom. The van der Waals surface area contributed by atoms with Crippen LogP contribution in [0.3, 0.4) is 0 Å². The average molecular weight is 563 g/mol. The summed E-state index contributed by atoms with van der Waals surface area (Å²) in [4.78, 5) is 27.5. The van der Waals surface area contributed by atoms with Gasteiger partial charge in [-0.25, -0.2) is 8.78 Å². The smallest absolute Gasteiger partial charge is 0.253 e. The number of amides is 2. The molecule has 0 saturated carbocycles. The summed E-state index contributed by atoms with van der Waals surface area (Å²) < 4.78 is 39.1. The predicted molar refractivity (Wildman–Crippen MR) is 150 cm³/mol. The van der Waals surface area contributed by atoms with Crippen molar-refractivity contribution in [2.45, 2.75) is 26.3 Å². The second-order valence-electron chi connectivity index (χ2n) is 10.2. The fraction of sp³-hybridized carbons (Fsp3) is 0.323. The maximum Gasteiger partial charge on any atom is 0.253 e. The van der Waals surface area contributed by atoms with Crippen LogP contribution in [0.5, 0.6) is 11.5 Å². The van der Waals surface area contributed by atoms with Gasteiger partial charge in [0.1, 0.15) is 11.5 Å². The van der Waals surface area contributed by atoms with E-state index in [4.69, 9.17) is 14.6 Å². The largest absolute Gasteiger partial charge is 0.457 e. The fourth-order valence-corrected chi connectivity index (χ4v) is 5.09. The highest BCUT2D eigenvalue weighted by atomic mass is 19.2. The van der Waals surface area contributed by atoms with Crippen molar-refractivity contribution in [3.05, 3.63) is 89.1 Å². The number of fused-ring (bicyclic) bond motifs is 1. The molecule has 3 aromatic carbocycles. The van der Waals surface area contributed by atoms with E-state index in [9.17, 15) is 18.4 Å². The van der Waals surface area contributed by atoms with E-state index in [0.717, 1.165) is 48.0 Å². The molecule has 41 heavy (non-hydrogen) atoms. The molecule has 1 N–H and O–H groups in total. The van der Waals surface area contributed by atoms with Crippen LogP contribution in [0.2, 0.25) is 0 Å². The summed E-state index contributed by atoms with van der Waals surface area (Å²) in [5, 5.41) is 8.54. The second-order valence-corrected chi connectivity index (χ2v) is 10.2. The van der Waals surface area contributed by atoms with Crippen LogP contribution in [0, 0.1) is 24.5 Å². The number of nitrogens with zero attached hydrogens (tertiary/aromatic N) is 3. The second kappa shape index (κ2) is 12.5. The maximum atomic E-state index is 13.4. The number of aryl methyl sites for hydroxylation is 1. The molecule has 1 aliphatic rings. The Hall–Kier alpha value is -4.31. The molecular formula is C31H32F2N4O4. The van der Waals surface area contributed by atoms with Crippen LogP contribution in [0.25, 0.3) is 10.9 Å². The zero-order chi connectivity index (χ0) is 28.9. The Bertz CT molecular complexity index is 1550. The lowest BCUT2D eigenvalue weighted by molar-refractivity contribution is 0.0681. The van der Waals surface area contributed by atoms with Crippen molar-refractivity contribution in [3.63, 3.8) is 0 Å². The first kappa shape index (κ1) is 28.2. The number of aromatic nitrogens is 2. The van der Waals surface area contributed by atoms with Gasteiger partial charge in [-0.2, -0.15) is 5.10 Å². The van der Waals surface area contributed by atoms with Crippen molar-refractivity contribution in [3.8, 4) is 11.5 Å². The van der Waals surface area contributed by atoms with E-state index in [2.05, 4.69) is 5.32 Å². The monoisotopic (exact) mass is 562 g/mol. The molecule has 5 rings (SSSR count). The van der Waals surface area contributed by atoms with E-state index in [1.165, 1.54) is 6.07 Å². The van der Waals surface area contributed by atoms with E-state index < -0.39 is 11.6 Å². The third-order valence-electron chi connectivity index (χ3n) is 7.42. The lowest BCUT2D eigenvalue weighted by Gasteiger charge is -2.32. The van der Waals surface area contributed by atoms with E-state index in [-0.39, 0.29) is 17.6 Å². The summed E-state index contributed by atoms with van der Waals surface area (Å²) >= 11 is 0. The van der Waals surface area contributed by atoms with Crippen LogP contribution < -0.4 is 10.1 Å². The number of piperidine rings is 1. The summed E-state index contributed by atoms with van der Waals surface area (Å²) in [5.41, 5.74) is 2.91. The lowest BCUT2D eigenvalue weighted by atomic mass is 9.96. The number of hydrogen-bond acceptors (Lipinski definition) is 5. The van der Waals surface area contributed by atoms with Crippen LogP contribution in [0.15, 0.2) is 60.8 Å². The first-order valence-electron chi connectivity index (χ1n) is 13.6. The molecule has 1 fully saturated rings. The molecule has 0 aliphatic carbocycles. The van der Waals surface area contributed by atoms with Gasteiger partial charge in [-0.15, -0.1) is 0 Å². The van der Waals surface area contributed by atoms with Gasteiger partial charge in [0, 0.05) is 62.1 Å². The number of carbonyl (C=O) groups excluding carboxylic acids is 2. The molecule has 2 amide bonds. The van der Waals surface area contributed by atoms with Gasteiger partial charge in [0.25, 0.3) is 11.8 Å². The summed E-state index contributed by atoms with van der Waals surface area (Å²) in [6.45, 7) is 4.86. The minimum absolute atomic E-state index is 0.0559. The van der Waals surface area contributed by atoms with Crippen molar-refractivity contribution in [2.24, 2.45) is 5.92 Å². The number of benzene rings is 3. The van der Waals surface area contributed by atoms with Gasteiger partial charge in [0.15, 0.2) is 11.6 Å². The van der Waals surface area contributed by atoms with Crippen molar-refractivity contribution in [1.29, 1.82) is 0 Å².